The van der Waals surface area contributed by atoms with Crippen molar-refractivity contribution in [1.29, 1.82) is 0 Å². The van der Waals surface area contributed by atoms with E-state index in [1.54, 1.807) is 11.9 Å². The Bertz CT molecular complexity index is 779. The molecule has 1 saturated carbocycles. The summed E-state index contributed by atoms with van der Waals surface area (Å²) in [7, 11) is -0.861. The van der Waals surface area contributed by atoms with Crippen LogP contribution in [-0.2, 0) is 20.4 Å². The van der Waals surface area contributed by atoms with Crippen molar-refractivity contribution in [1.82, 2.24) is 4.90 Å². The highest BCUT2D eigenvalue weighted by molar-refractivity contribution is 7.92. The number of sulfone groups is 1. The van der Waals surface area contributed by atoms with E-state index >= 15 is 0 Å². The largest absolute Gasteiger partial charge is 0.493 e. The summed E-state index contributed by atoms with van der Waals surface area (Å²) in [6.07, 6.45) is 4.99. The molecule has 0 aliphatic heterocycles. The van der Waals surface area contributed by atoms with Crippen molar-refractivity contribution in [2.45, 2.75) is 62.7 Å². The Hall–Kier alpha value is -1.90. The molecule has 0 bridgehead atoms. The van der Waals surface area contributed by atoms with Crippen LogP contribution >= 0.6 is 0 Å². The van der Waals surface area contributed by atoms with Crippen molar-refractivity contribution in [3.63, 3.8) is 0 Å². The molecule has 1 aromatic rings. The molecule has 0 unspecified atom stereocenters. The number of rotatable bonds is 8. The fraction of sp³-hybridized carbons (Fsp3) is 0.632. The number of hydrogen-bond acceptors (Lipinski definition) is 5. The first-order valence-corrected chi connectivity index (χ1v) is 11.0. The van der Waals surface area contributed by atoms with Gasteiger partial charge in [0, 0.05) is 13.1 Å². The third-order valence-electron chi connectivity index (χ3n) is 5.17. The molecule has 0 N–H and O–H groups in total. The molecule has 1 aliphatic rings. The number of nitrogens with zero attached hydrogens (tertiary/aromatic N) is 1. The summed E-state index contributed by atoms with van der Waals surface area (Å²) in [6.45, 7) is -1.63. The molecule has 6 nitrogen and oxygen atoms in total. The quantitative estimate of drug-likeness (QED) is 0.646. The van der Waals surface area contributed by atoms with Gasteiger partial charge in [-0.2, -0.15) is 8.78 Å². The normalized spacial score (nSPS) is 16.6. The molecule has 2 rings (SSSR count). The SMILES string of the molecule is COc1cc(CS(=O)(=O)[C@H](C)C(=O)N(C)C2CCCCC2)ccc1OC(F)F. The number of carbonyl (C=O) groups excluding carboxylic acids is 1. The van der Waals surface area contributed by atoms with E-state index in [0.717, 1.165) is 32.1 Å². The predicted octanol–water partition coefficient (Wildman–Crippen LogP) is 3.39. The lowest BCUT2D eigenvalue weighted by Crippen LogP contribution is -2.45. The number of ether oxygens (including phenoxy) is 2. The zero-order valence-electron chi connectivity index (χ0n) is 16.4. The van der Waals surface area contributed by atoms with Crippen molar-refractivity contribution in [3.05, 3.63) is 23.8 Å². The van der Waals surface area contributed by atoms with Gasteiger partial charge in [0.05, 0.1) is 12.9 Å². The van der Waals surface area contributed by atoms with Gasteiger partial charge in [-0.3, -0.25) is 4.79 Å². The van der Waals surface area contributed by atoms with E-state index in [0.29, 0.717) is 5.56 Å². The number of benzene rings is 1. The van der Waals surface area contributed by atoms with Crippen LogP contribution in [0.15, 0.2) is 18.2 Å². The topological polar surface area (TPSA) is 72.9 Å². The Morgan fingerprint density at radius 1 is 1.21 bits per heavy atom. The molecule has 1 fully saturated rings. The van der Waals surface area contributed by atoms with Crippen molar-refractivity contribution >= 4 is 15.7 Å². The summed E-state index contributed by atoms with van der Waals surface area (Å²) >= 11 is 0. The van der Waals surface area contributed by atoms with Crippen molar-refractivity contribution in [2.75, 3.05) is 14.2 Å². The number of alkyl halides is 2. The minimum Gasteiger partial charge on any atom is -0.493 e. The van der Waals surface area contributed by atoms with Gasteiger partial charge in [0.1, 0.15) is 5.25 Å². The number of carbonyl (C=O) groups is 1. The van der Waals surface area contributed by atoms with Crippen LogP contribution in [0.25, 0.3) is 0 Å². The van der Waals surface area contributed by atoms with Crippen LogP contribution in [0.2, 0.25) is 0 Å². The first-order valence-electron chi connectivity index (χ1n) is 9.25. The Morgan fingerprint density at radius 3 is 2.43 bits per heavy atom. The van der Waals surface area contributed by atoms with Crippen molar-refractivity contribution in [3.8, 4) is 11.5 Å². The summed E-state index contributed by atoms with van der Waals surface area (Å²) < 4.78 is 59.7. The Kier molecular flexibility index (Phi) is 7.63. The van der Waals surface area contributed by atoms with Gasteiger partial charge in [-0.15, -0.1) is 0 Å². The summed E-state index contributed by atoms with van der Waals surface area (Å²) in [6, 6.07) is 4.01. The first-order chi connectivity index (χ1) is 13.2. The molecule has 0 radical (unpaired) electrons. The lowest BCUT2D eigenvalue weighted by molar-refractivity contribution is -0.131. The Morgan fingerprint density at radius 2 is 1.86 bits per heavy atom. The predicted molar refractivity (Wildman–Crippen MR) is 101 cm³/mol. The second-order valence-electron chi connectivity index (χ2n) is 7.05. The second kappa shape index (κ2) is 9.54. The highest BCUT2D eigenvalue weighted by Crippen LogP contribution is 2.30. The molecule has 1 amide bonds. The van der Waals surface area contributed by atoms with Crippen molar-refractivity contribution in [2.24, 2.45) is 0 Å². The summed E-state index contributed by atoms with van der Waals surface area (Å²) in [5, 5.41) is -1.19. The maximum Gasteiger partial charge on any atom is 0.387 e. The molecule has 158 valence electrons. The van der Waals surface area contributed by atoms with Crippen LogP contribution in [-0.4, -0.2) is 51.3 Å². The minimum absolute atomic E-state index is 0.00584. The fourth-order valence-corrected chi connectivity index (χ4v) is 4.81. The molecule has 1 aromatic carbocycles. The third-order valence-corrected chi connectivity index (χ3v) is 7.18. The number of amides is 1. The van der Waals surface area contributed by atoms with Gasteiger partial charge < -0.3 is 14.4 Å². The van der Waals surface area contributed by atoms with Crippen LogP contribution in [0, 0.1) is 0 Å². The zero-order valence-corrected chi connectivity index (χ0v) is 17.2. The van der Waals surface area contributed by atoms with Crippen LogP contribution in [0.3, 0.4) is 0 Å². The average molecular weight is 419 g/mol. The molecule has 0 saturated heterocycles. The molecule has 9 heteroatoms. The Balaban J connectivity index is 2.12. The van der Waals surface area contributed by atoms with E-state index < -0.39 is 33.4 Å². The molecular weight excluding hydrogens is 392 g/mol. The summed E-state index contributed by atoms with van der Waals surface area (Å²) in [4.78, 5) is 14.3. The fourth-order valence-electron chi connectivity index (χ4n) is 3.44. The Labute approximate surface area is 164 Å². The van der Waals surface area contributed by atoms with Gasteiger partial charge >= 0.3 is 6.61 Å². The van der Waals surface area contributed by atoms with Gasteiger partial charge in [0.25, 0.3) is 0 Å². The van der Waals surface area contributed by atoms with E-state index in [1.807, 2.05) is 0 Å². The molecule has 1 aliphatic carbocycles. The van der Waals surface area contributed by atoms with Gasteiger partial charge in [-0.25, -0.2) is 8.42 Å². The lowest BCUT2D eigenvalue weighted by Gasteiger charge is -2.32. The minimum atomic E-state index is -3.79. The van der Waals surface area contributed by atoms with E-state index in [2.05, 4.69) is 4.74 Å². The molecule has 0 heterocycles. The van der Waals surface area contributed by atoms with Gasteiger partial charge in [0.15, 0.2) is 21.3 Å². The maximum absolute atomic E-state index is 12.8. The van der Waals surface area contributed by atoms with Crippen LogP contribution in [0.1, 0.15) is 44.6 Å². The second-order valence-corrected chi connectivity index (χ2v) is 9.38. The number of halogens is 2. The van der Waals surface area contributed by atoms with Gasteiger partial charge in [-0.05, 0) is 37.5 Å². The molecule has 0 spiro atoms. The summed E-state index contributed by atoms with van der Waals surface area (Å²) in [5.74, 6) is -0.994. The van der Waals surface area contributed by atoms with Crippen LogP contribution in [0.5, 0.6) is 11.5 Å². The monoisotopic (exact) mass is 419 g/mol. The molecule has 1 atom stereocenters. The van der Waals surface area contributed by atoms with E-state index in [1.165, 1.54) is 32.2 Å². The average Bonchev–Trinajstić information content (AvgIpc) is 2.67. The third kappa shape index (κ3) is 5.56. The van der Waals surface area contributed by atoms with Gasteiger partial charge in [-0.1, -0.05) is 25.3 Å². The van der Waals surface area contributed by atoms with E-state index in [9.17, 15) is 22.0 Å². The molecule has 0 aromatic heterocycles. The van der Waals surface area contributed by atoms with E-state index in [-0.39, 0.29) is 17.5 Å². The highest BCUT2D eigenvalue weighted by Gasteiger charge is 2.33. The maximum atomic E-state index is 12.8. The highest BCUT2D eigenvalue weighted by atomic mass is 32.2. The zero-order chi connectivity index (χ0) is 20.9. The summed E-state index contributed by atoms with van der Waals surface area (Å²) in [5.41, 5.74) is 0.332. The smallest absolute Gasteiger partial charge is 0.387 e. The first kappa shape index (κ1) is 22.4. The van der Waals surface area contributed by atoms with Crippen molar-refractivity contribution < 1.29 is 31.5 Å². The lowest BCUT2D eigenvalue weighted by atomic mass is 9.94. The standard InChI is InChI=1S/C19H27F2NO5S/c1-13(18(23)22(2)15-7-5-4-6-8-15)28(24,25)12-14-9-10-16(27-19(20)21)17(11-14)26-3/h9-11,13,15,19H,4-8,12H2,1-3H3/t13-/m1/s1. The van der Waals surface area contributed by atoms with Crippen LogP contribution in [0.4, 0.5) is 8.78 Å². The molecular formula is C19H27F2NO5S. The van der Waals surface area contributed by atoms with Crippen LogP contribution < -0.4 is 9.47 Å². The number of hydrogen-bond donors (Lipinski definition) is 0. The molecule has 28 heavy (non-hydrogen) atoms. The van der Waals surface area contributed by atoms with Gasteiger partial charge in [0.2, 0.25) is 5.91 Å². The van der Waals surface area contributed by atoms with E-state index in [4.69, 9.17) is 4.74 Å². The number of methoxy groups -OCH3 is 1.